The van der Waals surface area contributed by atoms with E-state index in [1.165, 1.54) is 0 Å². The van der Waals surface area contributed by atoms with Gasteiger partial charge in [0.05, 0.1) is 17.3 Å². The maximum absolute atomic E-state index is 13.6. The van der Waals surface area contributed by atoms with Gasteiger partial charge in [-0.2, -0.15) is 10.2 Å². The summed E-state index contributed by atoms with van der Waals surface area (Å²) in [6, 6.07) is 11.4. The molecule has 3 aliphatic heterocycles. The van der Waals surface area contributed by atoms with Crippen LogP contribution in [0.25, 0.3) is 38.9 Å². The largest absolute Gasteiger partial charge is 0.480 e. The van der Waals surface area contributed by atoms with Crippen LogP contribution in [-0.2, 0) is 4.79 Å². The molecule has 3 atom stereocenters. The van der Waals surface area contributed by atoms with Gasteiger partial charge in [0.15, 0.2) is 5.65 Å². The van der Waals surface area contributed by atoms with E-state index in [4.69, 9.17) is 10.1 Å². The van der Waals surface area contributed by atoms with Crippen LogP contribution in [0.5, 0.6) is 0 Å². The van der Waals surface area contributed by atoms with Gasteiger partial charge in [0.25, 0.3) is 0 Å². The van der Waals surface area contributed by atoms with Crippen LogP contribution in [0.4, 0.5) is 4.79 Å². The molecule has 2 bridgehead atoms. The standard InChI is InChI=1S/C31H30N8O3/c40-30(41)26-5-2-14-37(26)31(42)38-20-6-7-21(38)16-19(15-20)25-10-13-33-29-27(22-3-1-4-24-23(22)17-34-35-24)28(36-39(25)29)18-8-11-32-12-9-18/h1,3-4,8-13,17,19-21,26H,2,5-7,14-16H2,(H,34,35)(H,40,41)/t19?,20?,21?,26-/m1/s1. The number of carboxylic acid groups (broad SMARTS) is 1. The molecule has 0 radical (unpaired) electrons. The van der Waals surface area contributed by atoms with Gasteiger partial charge < -0.3 is 14.9 Å². The van der Waals surface area contributed by atoms with E-state index in [9.17, 15) is 14.7 Å². The number of aliphatic carboxylic acids is 1. The van der Waals surface area contributed by atoms with Crippen LogP contribution >= 0.6 is 0 Å². The van der Waals surface area contributed by atoms with Crippen molar-refractivity contribution in [1.82, 2.24) is 39.6 Å². The summed E-state index contributed by atoms with van der Waals surface area (Å²) in [6.45, 7) is 0.511. The summed E-state index contributed by atoms with van der Waals surface area (Å²) in [6.07, 6.45) is 12.0. The number of carbonyl (C=O) groups is 2. The maximum atomic E-state index is 13.6. The van der Waals surface area contributed by atoms with E-state index in [1.54, 1.807) is 17.3 Å². The highest BCUT2D eigenvalue weighted by Gasteiger charge is 2.47. The fraction of sp³-hybridized carbons (Fsp3) is 0.355. The molecule has 7 heterocycles. The first kappa shape index (κ1) is 25.0. The van der Waals surface area contributed by atoms with Gasteiger partial charge in [0.2, 0.25) is 0 Å². The minimum atomic E-state index is -0.909. The predicted molar refractivity (Wildman–Crippen MR) is 155 cm³/mol. The van der Waals surface area contributed by atoms with Crippen LogP contribution in [-0.4, -0.2) is 81.4 Å². The van der Waals surface area contributed by atoms with Crippen molar-refractivity contribution in [2.24, 2.45) is 0 Å². The topological polar surface area (TPSA) is 133 Å². The number of likely N-dealkylation sites (tertiary alicyclic amines) is 1. The highest BCUT2D eigenvalue weighted by atomic mass is 16.4. The van der Waals surface area contributed by atoms with Gasteiger partial charge in [-0.25, -0.2) is 19.1 Å². The SMILES string of the molecule is O=C(O)[C@H]1CCCN1C(=O)N1C2CCC1CC(c1ccnc3c(-c4cccc5[nH]ncc45)c(-c4ccncc4)nn13)C2. The Kier molecular flexibility index (Phi) is 5.73. The number of rotatable bonds is 4. The molecule has 5 aromatic rings. The number of hydrogen-bond acceptors (Lipinski definition) is 6. The molecule has 4 aromatic heterocycles. The van der Waals surface area contributed by atoms with Crippen molar-refractivity contribution in [2.75, 3.05) is 6.54 Å². The summed E-state index contributed by atoms with van der Waals surface area (Å²) >= 11 is 0. The molecule has 0 saturated carbocycles. The lowest BCUT2D eigenvalue weighted by atomic mass is 9.88. The fourth-order valence-electron chi connectivity index (χ4n) is 7.55. The molecule has 3 saturated heterocycles. The Morgan fingerprint density at radius 2 is 1.79 bits per heavy atom. The Labute approximate surface area is 241 Å². The highest BCUT2D eigenvalue weighted by Crippen LogP contribution is 2.45. The number of benzene rings is 1. The quantitative estimate of drug-likeness (QED) is 0.324. The fourth-order valence-corrected chi connectivity index (χ4v) is 7.55. The average Bonchev–Trinajstić information content (AvgIpc) is 3.81. The Morgan fingerprint density at radius 3 is 2.57 bits per heavy atom. The molecule has 212 valence electrons. The van der Waals surface area contributed by atoms with E-state index in [0.717, 1.165) is 76.7 Å². The van der Waals surface area contributed by atoms with E-state index < -0.39 is 12.0 Å². The van der Waals surface area contributed by atoms with Gasteiger partial charge in [0, 0.05) is 59.8 Å². The number of H-pyrrole nitrogens is 1. The lowest BCUT2D eigenvalue weighted by Crippen LogP contribution is -2.54. The molecule has 8 rings (SSSR count). The number of amides is 2. The van der Waals surface area contributed by atoms with Crippen molar-refractivity contribution in [3.63, 3.8) is 0 Å². The number of pyridine rings is 1. The van der Waals surface area contributed by atoms with Crippen molar-refractivity contribution < 1.29 is 14.7 Å². The molecule has 0 aliphatic carbocycles. The molecule has 1 aromatic carbocycles. The Morgan fingerprint density at radius 1 is 0.976 bits per heavy atom. The molecular formula is C31H30N8O3. The molecule has 2 N–H and O–H groups in total. The summed E-state index contributed by atoms with van der Waals surface area (Å²) in [4.78, 5) is 38.1. The Bertz CT molecular complexity index is 1820. The molecule has 3 fully saturated rings. The van der Waals surface area contributed by atoms with E-state index in [-0.39, 0.29) is 24.0 Å². The summed E-state index contributed by atoms with van der Waals surface area (Å²) in [7, 11) is 0. The van der Waals surface area contributed by atoms with Crippen LogP contribution in [0.2, 0.25) is 0 Å². The number of urea groups is 1. The van der Waals surface area contributed by atoms with Gasteiger partial charge in [-0.3, -0.25) is 10.1 Å². The summed E-state index contributed by atoms with van der Waals surface area (Å²) < 4.78 is 1.99. The molecule has 11 nitrogen and oxygen atoms in total. The van der Waals surface area contributed by atoms with Gasteiger partial charge >= 0.3 is 12.0 Å². The zero-order valence-corrected chi connectivity index (χ0v) is 22.9. The van der Waals surface area contributed by atoms with Crippen LogP contribution in [0.15, 0.2) is 61.2 Å². The molecule has 11 heteroatoms. The van der Waals surface area contributed by atoms with Crippen molar-refractivity contribution in [3.8, 4) is 22.4 Å². The average molecular weight is 563 g/mol. The normalized spacial score (nSPS) is 23.7. The van der Waals surface area contributed by atoms with Crippen molar-refractivity contribution in [3.05, 3.63) is 66.9 Å². The maximum Gasteiger partial charge on any atom is 0.326 e. The lowest BCUT2D eigenvalue weighted by Gasteiger charge is -2.41. The minimum absolute atomic E-state index is 0.0777. The van der Waals surface area contributed by atoms with Crippen molar-refractivity contribution >= 4 is 28.6 Å². The van der Waals surface area contributed by atoms with Gasteiger partial charge in [-0.05, 0) is 68.4 Å². The number of nitrogens with zero attached hydrogens (tertiary/aromatic N) is 7. The molecule has 42 heavy (non-hydrogen) atoms. The van der Waals surface area contributed by atoms with Crippen LogP contribution < -0.4 is 0 Å². The number of carbonyl (C=O) groups excluding carboxylic acids is 1. The second kappa shape index (κ2) is 9.64. The number of aromatic nitrogens is 6. The molecule has 3 aliphatic rings. The second-order valence-electron chi connectivity index (χ2n) is 11.6. The van der Waals surface area contributed by atoms with E-state index in [1.807, 2.05) is 46.1 Å². The molecule has 2 amide bonds. The van der Waals surface area contributed by atoms with E-state index in [0.29, 0.717) is 13.0 Å². The third-order valence-corrected chi connectivity index (χ3v) is 9.41. The first-order chi connectivity index (χ1) is 20.6. The number of nitrogens with one attached hydrogen (secondary N) is 1. The first-order valence-electron chi connectivity index (χ1n) is 14.6. The molecule has 2 unspecified atom stereocenters. The zero-order chi connectivity index (χ0) is 28.4. The van der Waals surface area contributed by atoms with Gasteiger partial charge in [0.1, 0.15) is 11.7 Å². The third-order valence-electron chi connectivity index (χ3n) is 9.41. The first-order valence-corrected chi connectivity index (χ1v) is 14.6. The van der Waals surface area contributed by atoms with Gasteiger partial charge in [-0.1, -0.05) is 12.1 Å². The third kappa shape index (κ3) is 3.79. The van der Waals surface area contributed by atoms with Crippen LogP contribution in [0.1, 0.15) is 50.1 Å². The zero-order valence-electron chi connectivity index (χ0n) is 22.9. The summed E-state index contributed by atoms with van der Waals surface area (Å²) in [5, 5.41) is 23.2. The summed E-state index contributed by atoms with van der Waals surface area (Å²) in [5.74, 6) is -0.721. The number of carboxylic acids is 1. The smallest absolute Gasteiger partial charge is 0.326 e. The predicted octanol–water partition coefficient (Wildman–Crippen LogP) is 4.71. The van der Waals surface area contributed by atoms with Crippen LogP contribution in [0, 0.1) is 0 Å². The monoisotopic (exact) mass is 562 g/mol. The van der Waals surface area contributed by atoms with Gasteiger partial charge in [-0.15, -0.1) is 0 Å². The Hall–Kier alpha value is -4.80. The van der Waals surface area contributed by atoms with E-state index >= 15 is 0 Å². The van der Waals surface area contributed by atoms with E-state index in [2.05, 4.69) is 27.3 Å². The number of aromatic amines is 1. The van der Waals surface area contributed by atoms with Crippen molar-refractivity contribution in [1.29, 1.82) is 0 Å². The van der Waals surface area contributed by atoms with Crippen molar-refractivity contribution in [2.45, 2.75) is 62.6 Å². The second-order valence-corrected chi connectivity index (χ2v) is 11.6. The molecular weight excluding hydrogens is 532 g/mol. The summed E-state index contributed by atoms with van der Waals surface area (Å²) in [5.41, 5.74) is 6.53. The highest BCUT2D eigenvalue weighted by molar-refractivity contribution is 6.02. The Balaban J connectivity index is 1.20. The number of fused-ring (bicyclic) bond motifs is 4. The lowest BCUT2D eigenvalue weighted by molar-refractivity contribution is -0.141. The number of hydrogen-bond donors (Lipinski definition) is 2. The number of piperidine rings is 1. The van der Waals surface area contributed by atoms with Crippen LogP contribution in [0.3, 0.4) is 0 Å². The molecule has 0 spiro atoms. The minimum Gasteiger partial charge on any atom is -0.480 e.